The molecule has 1 amide bonds. The minimum atomic E-state index is -0.110. The molecule has 2 rings (SSSR count). The lowest BCUT2D eigenvalue weighted by molar-refractivity contribution is -0.130. The van der Waals surface area contributed by atoms with Crippen molar-refractivity contribution in [2.24, 2.45) is 0 Å². The summed E-state index contributed by atoms with van der Waals surface area (Å²) in [6.45, 7) is 2.15. The highest BCUT2D eigenvalue weighted by Crippen LogP contribution is 2.07. The zero-order valence-electron chi connectivity index (χ0n) is 12.2. The van der Waals surface area contributed by atoms with Crippen molar-refractivity contribution in [3.05, 3.63) is 70.1 Å². The van der Waals surface area contributed by atoms with Gasteiger partial charge in [-0.05, 0) is 17.2 Å². The van der Waals surface area contributed by atoms with Gasteiger partial charge in [-0.3, -0.25) is 4.79 Å². The molecule has 0 N–H and O–H groups in total. The summed E-state index contributed by atoms with van der Waals surface area (Å²) < 4.78 is 0. The summed E-state index contributed by atoms with van der Waals surface area (Å²) in [7, 11) is 0. The topological polar surface area (TPSA) is 54.5 Å². The van der Waals surface area contributed by atoms with E-state index in [2.05, 4.69) is 0 Å². The van der Waals surface area contributed by atoms with Gasteiger partial charge >= 0.3 is 0 Å². The maximum atomic E-state index is 11.9. The number of benzene rings is 2. The molecule has 0 saturated heterocycles. The SMILES string of the molecule is CC(=O)N(Cc1ccccc1)Cc1cccc(=C=O)c1=C=O. The molecule has 0 aliphatic rings. The average Bonchev–Trinajstić information content (AvgIpc) is 2.54. The van der Waals surface area contributed by atoms with Crippen molar-refractivity contribution in [2.45, 2.75) is 20.0 Å². The van der Waals surface area contributed by atoms with Crippen LogP contribution in [0.25, 0.3) is 0 Å². The summed E-state index contributed by atoms with van der Waals surface area (Å²) >= 11 is 0. The lowest BCUT2D eigenvalue weighted by atomic mass is 10.1. The third-order valence-electron chi connectivity index (χ3n) is 3.39. The fraction of sp³-hybridized carbons (Fsp3) is 0.167. The molecular formula is C18H15NO3. The van der Waals surface area contributed by atoms with E-state index in [9.17, 15) is 14.4 Å². The number of hydrogen-bond acceptors (Lipinski definition) is 3. The van der Waals surface area contributed by atoms with Crippen LogP contribution in [0.1, 0.15) is 18.1 Å². The predicted octanol–water partition coefficient (Wildman–Crippen LogP) is 0.242. The van der Waals surface area contributed by atoms with Gasteiger partial charge in [0.2, 0.25) is 5.91 Å². The summed E-state index contributed by atoms with van der Waals surface area (Å²) in [5, 5.41) is 0.326. The zero-order valence-corrected chi connectivity index (χ0v) is 12.2. The van der Waals surface area contributed by atoms with Gasteiger partial charge in [-0.25, -0.2) is 9.59 Å². The molecule has 2 aromatic rings. The van der Waals surface area contributed by atoms with Gasteiger partial charge in [0.25, 0.3) is 0 Å². The molecule has 4 heteroatoms. The van der Waals surface area contributed by atoms with Crippen molar-refractivity contribution >= 4 is 17.8 Å². The van der Waals surface area contributed by atoms with Crippen LogP contribution in [-0.2, 0) is 27.5 Å². The first kappa shape index (κ1) is 15.5. The maximum Gasteiger partial charge on any atom is 0.220 e. The van der Waals surface area contributed by atoms with Crippen molar-refractivity contribution in [3.8, 4) is 0 Å². The van der Waals surface area contributed by atoms with Crippen molar-refractivity contribution in [2.75, 3.05) is 0 Å². The zero-order chi connectivity index (χ0) is 15.9. The first-order chi connectivity index (χ1) is 10.7. The highest BCUT2D eigenvalue weighted by atomic mass is 16.2. The first-order valence-electron chi connectivity index (χ1n) is 6.83. The van der Waals surface area contributed by atoms with Crippen LogP contribution in [0.4, 0.5) is 0 Å². The quantitative estimate of drug-likeness (QED) is 0.811. The lowest BCUT2D eigenvalue weighted by Gasteiger charge is -2.21. The molecule has 0 saturated carbocycles. The van der Waals surface area contributed by atoms with Crippen LogP contribution in [0.2, 0.25) is 0 Å². The minimum absolute atomic E-state index is 0.110. The number of rotatable bonds is 4. The summed E-state index contributed by atoms with van der Waals surface area (Å²) in [5.74, 6) is 3.39. The van der Waals surface area contributed by atoms with Gasteiger partial charge in [0.05, 0.1) is 10.4 Å². The van der Waals surface area contributed by atoms with E-state index >= 15 is 0 Å². The molecule has 0 aliphatic heterocycles. The summed E-state index contributed by atoms with van der Waals surface area (Å²) in [6, 6.07) is 14.5. The maximum absolute atomic E-state index is 11.9. The molecule has 0 atom stereocenters. The van der Waals surface area contributed by atoms with E-state index in [1.54, 1.807) is 28.9 Å². The predicted molar refractivity (Wildman–Crippen MR) is 81.7 cm³/mol. The fourth-order valence-corrected chi connectivity index (χ4v) is 2.23. The molecule has 0 fully saturated rings. The van der Waals surface area contributed by atoms with E-state index in [0.717, 1.165) is 5.56 Å². The molecule has 110 valence electrons. The Bertz CT molecular complexity index is 832. The minimum Gasteiger partial charge on any atom is -0.334 e. The molecule has 4 nitrogen and oxygen atoms in total. The Kier molecular flexibility index (Phi) is 5.05. The standard InChI is InChI=1S/C18H15NO3/c1-14(22)19(10-15-6-3-2-4-7-15)11-16-8-5-9-17(12-20)18(16)13-21/h2-9H,10-11H2,1H3. The molecular weight excluding hydrogens is 278 g/mol. The highest BCUT2D eigenvalue weighted by Gasteiger charge is 2.11. The van der Waals surface area contributed by atoms with Crippen molar-refractivity contribution in [3.63, 3.8) is 0 Å². The molecule has 0 unspecified atom stereocenters. The van der Waals surface area contributed by atoms with Crippen LogP contribution < -0.4 is 10.4 Å². The van der Waals surface area contributed by atoms with E-state index in [4.69, 9.17) is 0 Å². The molecule has 22 heavy (non-hydrogen) atoms. The Balaban J connectivity index is 2.36. The molecule has 0 radical (unpaired) electrons. The van der Waals surface area contributed by atoms with Crippen LogP contribution in [0.5, 0.6) is 0 Å². The Labute approximate surface area is 128 Å². The molecule has 0 heterocycles. The van der Waals surface area contributed by atoms with Gasteiger partial charge < -0.3 is 4.90 Å². The second kappa shape index (κ2) is 7.19. The van der Waals surface area contributed by atoms with Gasteiger partial charge in [0.15, 0.2) is 0 Å². The van der Waals surface area contributed by atoms with E-state index in [1.807, 2.05) is 30.3 Å². The van der Waals surface area contributed by atoms with E-state index in [1.165, 1.54) is 13.0 Å². The summed E-state index contributed by atoms with van der Waals surface area (Å²) in [5.41, 5.74) is 1.58. The van der Waals surface area contributed by atoms with Crippen molar-refractivity contribution in [1.82, 2.24) is 4.90 Å². The number of carbonyl (C=O) groups is 1. The van der Waals surface area contributed by atoms with Crippen LogP contribution in [0, 0.1) is 0 Å². The Morgan fingerprint density at radius 1 is 0.955 bits per heavy atom. The summed E-state index contributed by atoms with van der Waals surface area (Å²) in [4.78, 5) is 35.4. The molecule has 0 aliphatic carbocycles. The van der Waals surface area contributed by atoms with Crippen LogP contribution >= 0.6 is 0 Å². The smallest absolute Gasteiger partial charge is 0.220 e. The third kappa shape index (κ3) is 3.58. The Morgan fingerprint density at radius 3 is 2.27 bits per heavy atom. The fourth-order valence-electron chi connectivity index (χ4n) is 2.23. The van der Waals surface area contributed by atoms with Crippen molar-refractivity contribution in [1.29, 1.82) is 0 Å². The molecule has 2 aromatic carbocycles. The normalized spacial score (nSPS) is 9.68. The number of amides is 1. The van der Waals surface area contributed by atoms with E-state index in [0.29, 0.717) is 12.1 Å². The first-order valence-corrected chi connectivity index (χ1v) is 6.83. The van der Waals surface area contributed by atoms with E-state index < -0.39 is 0 Å². The Morgan fingerprint density at radius 2 is 1.68 bits per heavy atom. The molecule has 0 aromatic heterocycles. The monoisotopic (exact) mass is 293 g/mol. The largest absolute Gasteiger partial charge is 0.334 e. The third-order valence-corrected chi connectivity index (χ3v) is 3.39. The van der Waals surface area contributed by atoms with Crippen LogP contribution in [-0.4, -0.2) is 22.7 Å². The Hall–Kier alpha value is -2.93. The molecule has 0 spiro atoms. The van der Waals surface area contributed by atoms with Gasteiger partial charge in [0.1, 0.15) is 11.9 Å². The van der Waals surface area contributed by atoms with Crippen LogP contribution in [0.15, 0.2) is 48.5 Å². The van der Waals surface area contributed by atoms with Gasteiger partial charge in [-0.2, -0.15) is 0 Å². The highest BCUT2D eigenvalue weighted by molar-refractivity contribution is 5.73. The lowest BCUT2D eigenvalue weighted by Crippen LogP contribution is -2.36. The van der Waals surface area contributed by atoms with Gasteiger partial charge in [0, 0.05) is 20.0 Å². The second-order valence-electron chi connectivity index (χ2n) is 4.90. The number of carbonyl (C=O) groups excluding carboxylic acids is 3. The van der Waals surface area contributed by atoms with Gasteiger partial charge in [-0.15, -0.1) is 0 Å². The average molecular weight is 293 g/mol. The molecule has 0 bridgehead atoms. The van der Waals surface area contributed by atoms with Crippen molar-refractivity contribution < 1.29 is 14.4 Å². The van der Waals surface area contributed by atoms with Gasteiger partial charge in [-0.1, -0.05) is 42.5 Å². The number of nitrogens with zero attached hydrogens (tertiary/aromatic N) is 1. The number of hydrogen-bond donors (Lipinski definition) is 0. The summed E-state index contributed by atoms with van der Waals surface area (Å²) in [6.07, 6.45) is 0. The second-order valence-corrected chi connectivity index (χ2v) is 4.90. The van der Waals surface area contributed by atoms with Crippen LogP contribution in [0.3, 0.4) is 0 Å². The van der Waals surface area contributed by atoms with E-state index in [-0.39, 0.29) is 22.9 Å².